The first kappa shape index (κ1) is 32.9. The normalized spacial score (nSPS) is 11.5. The molecular weight excluding hydrogens is 687 g/mol. The van der Waals surface area contributed by atoms with Gasteiger partial charge in [-0.05, 0) is 130 Å². The fourth-order valence-electron chi connectivity index (χ4n) is 8.88. The Morgan fingerprint density at radius 1 is 0.211 bits per heavy atom. The number of hydrogen-bond acceptors (Lipinski definition) is 1. The third-order valence-electron chi connectivity index (χ3n) is 11.6. The van der Waals surface area contributed by atoms with E-state index in [2.05, 4.69) is 229 Å². The zero-order valence-corrected chi connectivity index (χ0v) is 31.3. The van der Waals surface area contributed by atoms with Gasteiger partial charge in [0.2, 0.25) is 0 Å². The highest BCUT2D eigenvalue weighted by atomic mass is 15.1. The second kappa shape index (κ2) is 13.7. The summed E-state index contributed by atoms with van der Waals surface area (Å²) in [6.07, 6.45) is 0. The molecule has 0 aromatic heterocycles. The van der Waals surface area contributed by atoms with E-state index in [1.54, 1.807) is 0 Å². The van der Waals surface area contributed by atoms with Crippen LogP contribution in [0.1, 0.15) is 0 Å². The van der Waals surface area contributed by atoms with Crippen LogP contribution in [0.25, 0.3) is 87.2 Å². The first-order valence-electron chi connectivity index (χ1n) is 19.7. The molecule has 0 unspecified atom stereocenters. The second-order valence-electron chi connectivity index (χ2n) is 14.9. The lowest BCUT2D eigenvalue weighted by Gasteiger charge is -2.28. The zero-order chi connectivity index (χ0) is 37.7. The van der Waals surface area contributed by atoms with Crippen LogP contribution in [0.15, 0.2) is 224 Å². The molecule has 0 atom stereocenters. The first-order chi connectivity index (χ1) is 28.3. The van der Waals surface area contributed by atoms with Crippen molar-refractivity contribution >= 4 is 70.9 Å². The lowest BCUT2D eigenvalue weighted by atomic mass is 9.88. The van der Waals surface area contributed by atoms with E-state index in [9.17, 15) is 0 Å². The Morgan fingerprint density at radius 2 is 0.719 bits per heavy atom. The van der Waals surface area contributed by atoms with E-state index in [4.69, 9.17) is 0 Å². The molecule has 0 aliphatic rings. The SMILES string of the molecule is c1ccc(-c2cc(N(c3ccc(-c4cccc5ccccc45)cc3)c3ccc4ccc5ccccc5c4c3)ccc2-c2cc3ccccc3c3ccccc23)cc1. The number of benzene rings is 11. The molecule has 1 nitrogen and oxygen atoms in total. The number of rotatable bonds is 6. The largest absolute Gasteiger partial charge is 0.310 e. The maximum Gasteiger partial charge on any atom is 0.0468 e. The van der Waals surface area contributed by atoms with Gasteiger partial charge >= 0.3 is 0 Å². The lowest BCUT2D eigenvalue weighted by molar-refractivity contribution is 1.29. The summed E-state index contributed by atoms with van der Waals surface area (Å²) >= 11 is 0. The van der Waals surface area contributed by atoms with Crippen LogP contribution in [0, 0.1) is 0 Å². The van der Waals surface area contributed by atoms with Crippen molar-refractivity contribution in [1.29, 1.82) is 0 Å². The Balaban J connectivity index is 1.14. The van der Waals surface area contributed by atoms with Gasteiger partial charge in [0.1, 0.15) is 0 Å². The van der Waals surface area contributed by atoms with Gasteiger partial charge in [-0.1, -0.05) is 182 Å². The minimum atomic E-state index is 1.10. The van der Waals surface area contributed by atoms with Crippen LogP contribution < -0.4 is 4.90 Å². The van der Waals surface area contributed by atoms with Crippen molar-refractivity contribution in [3.05, 3.63) is 224 Å². The minimum absolute atomic E-state index is 1.10. The van der Waals surface area contributed by atoms with Crippen molar-refractivity contribution in [2.45, 2.75) is 0 Å². The van der Waals surface area contributed by atoms with Crippen LogP contribution in [0.3, 0.4) is 0 Å². The van der Waals surface area contributed by atoms with E-state index in [0.29, 0.717) is 0 Å². The van der Waals surface area contributed by atoms with Crippen molar-refractivity contribution in [1.82, 2.24) is 0 Å². The molecule has 0 saturated carbocycles. The number of nitrogens with zero attached hydrogens (tertiary/aromatic N) is 1. The van der Waals surface area contributed by atoms with Gasteiger partial charge in [-0.3, -0.25) is 0 Å². The molecule has 11 aromatic rings. The smallest absolute Gasteiger partial charge is 0.0468 e. The summed E-state index contributed by atoms with van der Waals surface area (Å²) in [6.45, 7) is 0. The molecule has 0 amide bonds. The summed E-state index contributed by atoms with van der Waals surface area (Å²) in [5, 5.41) is 12.5. The Bertz CT molecular complexity index is 3280. The summed E-state index contributed by atoms with van der Waals surface area (Å²) in [5.41, 5.74) is 10.6. The summed E-state index contributed by atoms with van der Waals surface area (Å²) in [6, 6.07) is 82.2. The topological polar surface area (TPSA) is 3.24 Å². The summed E-state index contributed by atoms with van der Waals surface area (Å²) < 4.78 is 0. The predicted octanol–water partition coefficient (Wildman–Crippen LogP) is 15.9. The number of hydrogen-bond donors (Lipinski definition) is 0. The molecule has 0 N–H and O–H groups in total. The van der Waals surface area contributed by atoms with Crippen molar-refractivity contribution in [3.8, 4) is 33.4 Å². The molecule has 0 saturated heterocycles. The van der Waals surface area contributed by atoms with Crippen molar-refractivity contribution < 1.29 is 0 Å². The van der Waals surface area contributed by atoms with Crippen LogP contribution in [-0.4, -0.2) is 0 Å². The van der Waals surface area contributed by atoms with Gasteiger partial charge in [-0.2, -0.15) is 0 Å². The molecular formula is C56H37N. The molecule has 0 heterocycles. The maximum absolute atomic E-state index is 2.42. The van der Waals surface area contributed by atoms with Gasteiger partial charge in [0.25, 0.3) is 0 Å². The van der Waals surface area contributed by atoms with Crippen LogP contribution >= 0.6 is 0 Å². The number of anilines is 3. The van der Waals surface area contributed by atoms with Crippen LogP contribution in [0.5, 0.6) is 0 Å². The molecule has 266 valence electrons. The third kappa shape index (κ3) is 5.72. The Hall–Kier alpha value is -7.48. The van der Waals surface area contributed by atoms with Crippen LogP contribution in [-0.2, 0) is 0 Å². The van der Waals surface area contributed by atoms with E-state index in [-0.39, 0.29) is 0 Å². The van der Waals surface area contributed by atoms with Crippen molar-refractivity contribution in [2.24, 2.45) is 0 Å². The van der Waals surface area contributed by atoms with Gasteiger partial charge in [0.05, 0.1) is 0 Å². The van der Waals surface area contributed by atoms with Gasteiger partial charge in [0.15, 0.2) is 0 Å². The molecule has 11 rings (SSSR count). The van der Waals surface area contributed by atoms with Gasteiger partial charge in [-0.15, -0.1) is 0 Å². The average Bonchev–Trinajstić information content (AvgIpc) is 3.29. The monoisotopic (exact) mass is 723 g/mol. The summed E-state index contributed by atoms with van der Waals surface area (Å²) in [7, 11) is 0. The van der Waals surface area contributed by atoms with E-state index in [0.717, 1.165) is 17.1 Å². The molecule has 0 fully saturated rings. The fraction of sp³-hybridized carbons (Fsp3) is 0. The van der Waals surface area contributed by atoms with Gasteiger partial charge in [0, 0.05) is 17.1 Å². The molecule has 11 aromatic carbocycles. The molecule has 0 aliphatic heterocycles. The summed E-state index contributed by atoms with van der Waals surface area (Å²) in [5.74, 6) is 0. The minimum Gasteiger partial charge on any atom is -0.310 e. The van der Waals surface area contributed by atoms with Crippen LogP contribution in [0.4, 0.5) is 17.1 Å². The quantitative estimate of drug-likeness (QED) is 0.154. The highest BCUT2D eigenvalue weighted by Gasteiger charge is 2.19. The standard InChI is InChI=1S/C56H37N/c1-2-13-39(14-3-1)55-37-46(33-34-53(55)56-35-43-17-6-9-21-50(43)51-22-10-11-23-52(51)56)57(45-32-29-42-26-25-40-16-5-8-20-49(40)54(42)36-45)44-30-27-41(28-31-44)48-24-12-18-38-15-4-7-19-47(38)48/h1-37H. The Labute approximate surface area is 332 Å². The van der Waals surface area contributed by atoms with Crippen molar-refractivity contribution in [2.75, 3.05) is 4.90 Å². The molecule has 1 heteroatoms. The van der Waals surface area contributed by atoms with E-state index >= 15 is 0 Å². The molecule has 0 bridgehead atoms. The van der Waals surface area contributed by atoms with E-state index in [1.165, 1.54) is 87.2 Å². The maximum atomic E-state index is 2.42. The fourth-order valence-corrected chi connectivity index (χ4v) is 8.88. The van der Waals surface area contributed by atoms with Gasteiger partial charge < -0.3 is 4.90 Å². The molecule has 57 heavy (non-hydrogen) atoms. The van der Waals surface area contributed by atoms with Crippen LogP contribution in [0.2, 0.25) is 0 Å². The number of fused-ring (bicyclic) bond motifs is 7. The third-order valence-corrected chi connectivity index (χ3v) is 11.6. The Morgan fingerprint density at radius 3 is 1.49 bits per heavy atom. The van der Waals surface area contributed by atoms with E-state index in [1.807, 2.05) is 0 Å². The lowest BCUT2D eigenvalue weighted by Crippen LogP contribution is -2.10. The molecule has 0 aliphatic carbocycles. The van der Waals surface area contributed by atoms with Gasteiger partial charge in [-0.25, -0.2) is 0 Å². The average molecular weight is 724 g/mol. The highest BCUT2D eigenvalue weighted by Crippen LogP contribution is 2.45. The van der Waals surface area contributed by atoms with Crippen molar-refractivity contribution in [3.63, 3.8) is 0 Å². The molecule has 0 spiro atoms. The zero-order valence-electron chi connectivity index (χ0n) is 31.3. The Kier molecular flexibility index (Phi) is 7.89. The highest BCUT2D eigenvalue weighted by molar-refractivity contribution is 6.15. The summed E-state index contributed by atoms with van der Waals surface area (Å²) in [4.78, 5) is 2.42. The van der Waals surface area contributed by atoms with E-state index < -0.39 is 0 Å². The second-order valence-corrected chi connectivity index (χ2v) is 14.9. The predicted molar refractivity (Wildman–Crippen MR) is 245 cm³/mol. The first-order valence-corrected chi connectivity index (χ1v) is 19.7. The molecule has 0 radical (unpaired) electrons.